The van der Waals surface area contributed by atoms with Crippen molar-refractivity contribution in [2.45, 2.75) is 62.7 Å². The number of urea groups is 1. The van der Waals surface area contributed by atoms with Gasteiger partial charge >= 0.3 is 6.03 Å². The van der Waals surface area contributed by atoms with E-state index in [0.717, 1.165) is 50.9 Å². The summed E-state index contributed by atoms with van der Waals surface area (Å²) in [5, 5.41) is 3.18. The number of hydrogen-bond acceptors (Lipinski definition) is 4. The van der Waals surface area contributed by atoms with Crippen molar-refractivity contribution in [3.63, 3.8) is 0 Å². The molecule has 0 radical (unpaired) electrons. The van der Waals surface area contributed by atoms with E-state index in [1.54, 1.807) is 12.4 Å². The maximum absolute atomic E-state index is 12.4. The minimum Gasteiger partial charge on any atom is -0.486 e. The molecular weight excluding hydrogens is 318 g/mol. The van der Waals surface area contributed by atoms with Gasteiger partial charge in [0.15, 0.2) is 0 Å². The molecule has 3 fully saturated rings. The zero-order valence-electron chi connectivity index (χ0n) is 14.7. The van der Waals surface area contributed by atoms with E-state index < -0.39 is 0 Å². The molecule has 25 heavy (non-hydrogen) atoms. The number of carbonyl (C=O) groups excluding carboxylic acids is 1. The van der Waals surface area contributed by atoms with Crippen LogP contribution in [-0.4, -0.2) is 53.4 Å². The van der Waals surface area contributed by atoms with Crippen molar-refractivity contribution >= 4 is 6.03 Å². The van der Waals surface area contributed by atoms with Crippen LogP contribution in [0, 0.1) is 0 Å². The smallest absolute Gasteiger partial charge is 0.317 e. The molecule has 2 saturated heterocycles. The summed E-state index contributed by atoms with van der Waals surface area (Å²) in [6, 6.07) is 4.28. The van der Waals surface area contributed by atoms with Crippen molar-refractivity contribution in [1.82, 2.24) is 15.2 Å². The molecule has 6 heteroatoms. The van der Waals surface area contributed by atoms with Crippen molar-refractivity contribution in [3.8, 4) is 5.75 Å². The van der Waals surface area contributed by atoms with Gasteiger partial charge in [-0.2, -0.15) is 0 Å². The Morgan fingerprint density at radius 2 is 2.12 bits per heavy atom. The maximum Gasteiger partial charge on any atom is 0.317 e. The summed E-state index contributed by atoms with van der Waals surface area (Å²) in [4.78, 5) is 18.4. The van der Waals surface area contributed by atoms with Gasteiger partial charge in [-0.1, -0.05) is 12.8 Å². The molecule has 136 valence electrons. The monoisotopic (exact) mass is 345 g/mol. The Kier molecular flexibility index (Phi) is 4.79. The fourth-order valence-electron chi connectivity index (χ4n) is 4.29. The first-order chi connectivity index (χ1) is 12.2. The first kappa shape index (κ1) is 16.6. The van der Waals surface area contributed by atoms with Crippen molar-refractivity contribution in [3.05, 3.63) is 24.5 Å². The molecule has 1 aliphatic carbocycles. The fraction of sp³-hybridized carbons (Fsp3) is 0.684. The average Bonchev–Trinajstić information content (AvgIpc) is 3.27. The Hall–Kier alpha value is -1.82. The summed E-state index contributed by atoms with van der Waals surface area (Å²) >= 11 is 0. The highest BCUT2D eigenvalue weighted by molar-refractivity contribution is 5.74. The van der Waals surface area contributed by atoms with E-state index in [4.69, 9.17) is 9.47 Å². The largest absolute Gasteiger partial charge is 0.486 e. The lowest BCUT2D eigenvalue weighted by molar-refractivity contribution is -0.0371. The summed E-state index contributed by atoms with van der Waals surface area (Å²) < 4.78 is 12.1. The minimum absolute atomic E-state index is 0.0723. The van der Waals surface area contributed by atoms with E-state index in [2.05, 4.69) is 10.3 Å². The second-order valence-electron chi connectivity index (χ2n) is 7.54. The van der Waals surface area contributed by atoms with E-state index in [0.29, 0.717) is 12.6 Å². The van der Waals surface area contributed by atoms with Crippen LogP contribution in [-0.2, 0) is 4.74 Å². The van der Waals surface area contributed by atoms with Gasteiger partial charge in [-0.05, 0) is 37.8 Å². The normalized spacial score (nSPS) is 26.1. The highest BCUT2D eigenvalue weighted by atomic mass is 16.6. The van der Waals surface area contributed by atoms with Gasteiger partial charge in [0.1, 0.15) is 11.9 Å². The minimum atomic E-state index is -0.128. The zero-order chi connectivity index (χ0) is 17.1. The van der Waals surface area contributed by atoms with Gasteiger partial charge < -0.3 is 19.7 Å². The van der Waals surface area contributed by atoms with Crippen LogP contribution >= 0.6 is 0 Å². The Morgan fingerprint density at radius 1 is 1.32 bits per heavy atom. The summed E-state index contributed by atoms with van der Waals surface area (Å²) in [5.74, 6) is 0.793. The lowest BCUT2D eigenvalue weighted by atomic mass is 9.88. The number of rotatable bonds is 3. The Morgan fingerprint density at radius 3 is 2.84 bits per heavy atom. The number of amides is 2. The molecule has 1 spiro atoms. The van der Waals surface area contributed by atoms with Crippen molar-refractivity contribution < 1.29 is 14.3 Å². The molecule has 1 atom stereocenters. The van der Waals surface area contributed by atoms with Gasteiger partial charge in [-0.3, -0.25) is 4.98 Å². The second-order valence-corrected chi connectivity index (χ2v) is 7.54. The Labute approximate surface area is 148 Å². The molecule has 4 rings (SSSR count). The molecular formula is C19H27N3O3. The first-order valence-electron chi connectivity index (χ1n) is 9.49. The average molecular weight is 345 g/mol. The van der Waals surface area contributed by atoms with Crippen molar-refractivity contribution in [2.24, 2.45) is 0 Å². The zero-order valence-corrected chi connectivity index (χ0v) is 14.7. The molecule has 3 aliphatic rings. The van der Waals surface area contributed by atoms with Gasteiger partial charge in [0.05, 0.1) is 18.4 Å². The Balaban J connectivity index is 1.26. The summed E-state index contributed by atoms with van der Waals surface area (Å²) in [6.45, 7) is 2.14. The molecule has 2 amide bonds. The number of likely N-dealkylation sites (tertiary alicyclic amines) is 1. The maximum atomic E-state index is 12.4. The lowest BCUT2D eigenvalue weighted by Crippen LogP contribution is -2.51. The number of pyridine rings is 1. The number of piperidine rings is 1. The number of aromatic nitrogens is 1. The third-order valence-corrected chi connectivity index (χ3v) is 5.76. The molecule has 0 aromatic carbocycles. The number of hydrogen-bond donors (Lipinski definition) is 1. The predicted molar refractivity (Wildman–Crippen MR) is 93.5 cm³/mol. The standard InChI is InChI=1S/C19H27N3O3/c23-18(21-15-4-1-2-5-15)22-10-7-19(8-11-22)12-17(14-24-19)25-16-6-3-9-20-13-16/h3,6,9,13,15,17H,1-2,4-5,7-8,10-12,14H2,(H,21,23)/t17-/m1/s1. The topological polar surface area (TPSA) is 63.7 Å². The molecule has 3 heterocycles. The number of carbonyl (C=O) groups is 1. The van der Waals surface area contributed by atoms with Crippen LogP contribution in [0.4, 0.5) is 4.79 Å². The summed E-state index contributed by atoms with van der Waals surface area (Å²) in [5.41, 5.74) is -0.128. The van der Waals surface area contributed by atoms with E-state index in [1.807, 2.05) is 17.0 Å². The molecule has 2 aliphatic heterocycles. The number of nitrogens with one attached hydrogen (secondary N) is 1. The molecule has 1 aromatic heterocycles. The van der Waals surface area contributed by atoms with Gasteiger partial charge in [0, 0.05) is 31.7 Å². The van der Waals surface area contributed by atoms with Crippen LogP contribution in [0.5, 0.6) is 5.75 Å². The van der Waals surface area contributed by atoms with Gasteiger partial charge in [0.2, 0.25) is 0 Å². The number of ether oxygens (including phenoxy) is 2. The highest BCUT2D eigenvalue weighted by Crippen LogP contribution is 2.37. The summed E-state index contributed by atoms with van der Waals surface area (Å²) in [7, 11) is 0. The molecule has 1 aromatic rings. The van der Waals surface area contributed by atoms with Crippen LogP contribution in [0.15, 0.2) is 24.5 Å². The highest BCUT2D eigenvalue weighted by Gasteiger charge is 2.44. The third kappa shape index (κ3) is 3.89. The lowest BCUT2D eigenvalue weighted by Gasteiger charge is -2.38. The SMILES string of the molecule is O=C(NC1CCCC1)N1CCC2(CC1)C[C@@H](Oc1cccnc1)CO2. The molecule has 0 unspecified atom stereocenters. The van der Waals surface area contributed by atoms with Crippen LogP contribution < -0.4 is 10.1 Å². The van der Waals surface area contributed by atoms with Gasteiger partial charge in [-0.15, -0.1) is 0 Å². The van der Waals surface area contributed by atoms with Crippen molar-refractivity contribution in [2.75, 3.05) is 19.7 Å². The first-order valence-corrected chi connectivity index (χ1v) is 9.49. The van der Waals surface area contributed by atoms with E-state index in [1.165, 1.54) is 12.8 Å². The summed E-state index contributed by atoms with van der Waals surface area (Å²) in [6.07, 6.45) is 10.9. The predicted octanol–water partition coefficient (Wildman–Crippen LogP) is 2.74. The molecule has 6 nitrogen and oxygen atoms in total. The van der Waals surface area contributed by atoms with E-state index in [-0.39, 0.29) is 17.7 Å². The second kappa shape index (κ2) is 7.20. The van der Waals surface area contributed by atoms with Crippen molar-refractivity contribution in [1.29, 1.82) is 0 Å². The number of nitrogens with zero attached hydrogens (tertiary/aromatic N) is 2. The van der Waals surface area contributed by atoms with E-state index >= 15 is 0 Å². The Bertz CT molecular complexity index is 581. The molecule has 1 saturated carbocycles. The third-order valence-electron chi connectivity index (χ3n) is 5.76. The van der Waals surface area contributed by atoms with Crippen LogP contribution in [0.3, 0.4) is 0 Å². The van der Waals surface area contributed by atoms with Crippen LogP contribution in [0.1, 0.15) is 44.9 Å². The van der Waals surface area contributed by atoms with Gasteiger partial charge in [-0.25, -0.2) is 4.79 Å². The van der Waals surface area contributed by atoms with Crippen LogP contribution in [0.25, 0.3) is 0 Å². The molecule has 0 bridgehead atoms. The van der Waals surface area contributed by atoms with Gasteiger partial charge in [0.25, 0.3) is 0 Å². The quantitative estimate of drug-likeness (QED) is 0.915. The fourth-order valence-corrected chi connectivity index (χ4v) is 4.29. The van der Waals surface area contributed by atoms with E-state index in [9.17, 15) is 4.79 Å². The molecule has 1 N–H and O–H groups in total. The van der Waals surface area contributed by atoms with Crippen LogP contribution in [0.2, 0.25) is 0 Å².